The third-order valence-corrected chi connectivity index (χ3v) is 4.80. The van der Waals surface area contributed by atoms with Gasteiger partial charge in [-0.1, -0.05) is 12.8 Å². The third kappa shape index (κ3) is 3.21. The number of aliphatic hydroxyl groups excluding tert-OH is 1. The highest BCUT2D eigenvalue weighted by molar-refractivity contribution is 4.88. The largest absolute Gasteiger partial charge is 0.396 e. The van der Waals surface area contributed by atoms with E-state index in [1.807, 2.05) is 0 Å². The number of hydrogen-bond acceptors (Lipinski definition) is 3. The van der Waals surface area contributed by atoms with Crippen molar-refractivity contribution in [1.29, 1.82) is 0 Å². The number of aliphatic hydroxyl groups is 1. The molecule has 0 aromatic heterocycles. The molecule has 1 saturated carbocycles. The molecule has 2 rings (SSSR count). The molecule has 2 aliphatic rings. The first-order valence-electron chi connectivity index (χ1n) is 7.15. The van der Waals surface area contributed by atoms with Crippen LogP contribution in [0.2, 0.25) is 0 Å². The summed E-state index contributed by atoms with van der Waals surface area (Å²) in [7, 11) is 4.46. The first-order valence-corrected chi connectivity index (χ1v) is 7.15. The molecule has 100 valence electrons. The van der Waals surface area contributed by atoms with Crippen LogP contribution >= 0.6 is 0 Å². The molecule has 1 heterocycles. The summed E-state index contributed by atoms with van der Waals surface area (Å²) >= 11 is 0. The van der Waals surface area contributed by atoms with Gasteiger partial charge in [0.25, 0.3) is 0 Å². The SMILES string of the molecule is CN(CC1CCCN1C)CC1(CO)CCCC1. The Kier molecular flexibility index (Phi) is 4.45. The van der Waals surface area contributed by atoms with Crippen LogP contribution in [0.15, 0.2) is 0 Å². The third-order valence-electron chi connectivity index (χ3n) is 4.80. The smallest absolute Gasteiger partial charge is 0.0499 e. The van der Waals surface area contributed by atoms with Gasteiger partial charge in [0.1, 0.15) is 0 Å². The van der Waals surface area contributed by atoms with Gasteiger partial charge < -0.3 is 14.9 Å². The average Bonchev–Trinajstić information content (AvgIpc) is 2.90. The van der Waals surface area contributed by atoms with Crippen LogP contribution in [-0.2, 0) is 0 Å². The van der Waals surface area contributed by atoms with Gasteiger partial charge in [0.05, 0.1) is 0 Å². The molecule has 1 aliphatic heterocycles. The van der Waals surface area contributed by atoms with Crippen LogP contribution in [0.25, 0.3) is 0 Å². The van der Waals surface area contributed by atoms with Crippen LogP contribution in [0, 0.1) is 5.41 Å². The Bertz CT molecular complexity index is 238. The molecular weight excluding hydrogens is 212 g/mol. The highest BCUT2D eigenvalue weighted by atomic mass is 16.3. The van der Waals surface area contributed by atoms with Crippen molar-refractivity contribution in [3.05, 3.63) is 0 Å². The molecule has 1 unspecified atom stereocenters. The molecule has 1 atom stereocenters. The number of hydrogen-bond donors (Lipinski definition) is 1. The van der Waals surface area contributed by atoms with Crippen molar-refractivity contribution in [3.63, 3.8) is 0 Å². The van der Waals surface area contributed by atoms with Crippen molar-refractivity contribution in [2.45, 2.75) is 44.6 Å². The number of likely N-dealkylation sites (N-methyl/N-ethyl adjacent to an activating group) is 2. The summed E-state index contributed by atoms with van der Waals surface area (Å²) in [6.45, 7) is 3.87. The molecule has 0 bridgehead atoms. The van der Waals surface area contributed by atoms with E-state index in [9.17, 15) is 5.11 Å². The number of likely N-dealkylation sites (tertiary alicyclic amines) is 1. The molecule has 1 aliphatic carbocycles. The highest BCUT2D eigenvalue weighted by Crippen LogP contribution is 2.38. The molecule has 0 aromatic rings. The highest BCUT2D eigenvalue weighted by Gasteiger charge is 2.35. The summed E-state index contributed by atoms with van der Waals surface area (Å²) in [5.41, 5.74) is 0.214. The number of rotatable bonds is 5. The first-order chi connectivity index (χ1) is 8.15. The second kappa shape index (κ2) is 5.68. The maximum atomic E-state index is 9.64. The molecule has 1 saturated heterocycles. The van der Waals surface area contributed by atoms with Crippen LogP contribution in [0.4, 0.5) is 0 Å². The van der Waals surface area contributed by atoms with Crippen molar-refractivity contribution in [1.82, 2.24) is 9.80 Å². The van der Waals surface area contributed by atoms with Crippen molar-refractivity contribution in [2.24, 2.45) is 5.41 Å². The van der Waals surface area contributed by atoms with Crippen LogP contribution in [0.3, 0.4) is 0 Å². The van der Waals surface area contributed by atoms with E-state index in [0.717, 1.165) is 19.1 Å². The zero-order valence-electron chi connectivity index (χ0n) is 11.5. The summed E-state index contributed by atoms with van der Waals surface area (Å²) in [6, 6.07) is 0.733. The zero-order valence-corrected chi connectivity index (χ0v) is 11.5. The first kappa shape index (κ1) is 13.3. The van der Waals surface area contributed by atoms with E-state index in [2.05, 4.69) is 23.9 Å². The lowest BCUT2D eigenvalue weighted by molar-refractivity contribution is 0.0797. The van der Waals surface area contributed by atoms with E-state index in [1.165, 1.54) is 45.1 Å². The topological polar surface area (TPSA) is 26.7 Å². The maximum absolute atomic E-state index is 9.64. The Hall–Kier alpha value is -0.120. The fraction of sp³-hybridized carbons (Fsp3) is 1.00. The molecule has 3 nitrogen and oxygen atoms in total. The summed E-state index contributed by atoms with van der Waals surface area (Å²) in [5, 5.41) is 9.64. The molecule has 2 fully saturated rings. The van der Waals surface area contributed by atoms with Gasteiger partial charge in [-0.05, 0) is 46.3 Å². The fourth-order valence-electron chi connectivity index (χ4n) is 3.70. The van der Waals surface area contributed by atoms with Gasteiger partial charge in [0, 0.05) is 31.2 Å². The van der Waals surface area contributed by atoms with Crippen molar-refractivity contribution in [2.75, 3.05) is 40.3 Å². The van der Waals surface area contributed by atoms with Gasteiger partial charge in [-0.15, -0.1) is 0 Å². The lowest BCUT2D eigenvalue weighted by Gasteiger charge is -2.34. The van der Waals surface area contributed by atoms with Gasteiger partial charge in [0.2, 0.25) is 0 Å². The standard InChI is InChI=1S/C14H28N2O/c1-15(10-13-6-5-9-16(13)2)11-14(12-17)7-3-4-8-14/h13,17H,3-12H2,1-2H3. The van der Waals surface area contributed by atoms with E-state index in [-0.39, 0.29) is 5.41 Å². The van der Waals surface area contributed by atoms with Crippen molar-refractivity contribution < 1.29 is 5.11 Å². The Morgan fingerprint density at radius 2 is 2.00 bits per heavy atom. The monoisotopic (exact) mass is 240 g/mol. The van der Waals surface area contributed by atoms with Crippen LogP contribution < -0.4 is 0 Å². The predicted octanol–water partition coefficient (Wildman–Crippen LogP) is 1.57. The molecule has 17 heavy (non-hydrogen) atoms. The minimum Gasteiger partial charge on any atom is -0.396 e. The molecule has 3 heteroatoms. The second-order valence-corrected chi connectivity index (χ2v) is 6.34. The summed E-state index contributed by atoms with van der Waals surface area (Å²) in [6.07, 6.45) is 7.73. The molecule has 1 N–H and O–H groups in total. The lowest BCUT2D eigenvalue weighted by atomic mass is 9.86. The van der Waals surface area contributed by atoms with E-state index in [4.69, 9.17) is 0 Å². The summed E-state index contributed by atoms with van der Waals surface area (Å²) < 4.78 is 0. The van der Waals surface area contributed by atoms with Crippen molar-refractivity contribution >= 4 is 0 Å². The average molecular weight is 240 g/mol. The minimum atomic E-state index is 0.214. The molecule has 0 amide bonds. The zero-order chi connectivity index (χ0) is 12.3. The molecule has 0 radical (unpaired) electrons. The van der Waals surface area contributed by atoms with Crippen LogP contribution in [0.1, 0.15) is 38.5 Å². The normalized spacial score (nSPS) is 29.3. The lowest BCUT2D eigenvalue weighted by Crippen LogP contribution is -2.42. The quantitative estimate of drug-likeness (QED) is 0.790. The summed E-state index contributed by atoms with van der Waals surface area (Å²) in [4.78, 5) is 4.94. The van der Waals surface area contributed by atoms with Gasteiger partial charge in [0.15, 0.2) is 0 Å². The Morgan fingerprint density at radius 3 is 2.53 bits per heavy atom. The van der Waals surface area contributed by atoms with Gasteiger partial charge >= 0.3 is 0 Å². The Balaban J connectivity index is 1.81. The molecule has 0 aromatic carbocycles. The predicted molar refractivity (Wildman–Crippen MR) is 71.1 cm³/mol. The van der Waals surface area contributed by atoms with E-state index in [0.29, 0.717) is 6.61 Å². The van der Waals surface area contributed by atoms with Crippen molar-refractivity contribution in [3.8, 4) is 0 Å². The van der Waals surface area contributed by atoms with Gasteiger partial charge in [-0.2, -0.15) is 0 Å². The Labute approximate surface area is 106 Å². The van der Waals surface area contributed by atoms with Gasteiger partial charge in [-0.3, -0.25) is 0 Å². The van der Waals surface area contributed by atoms with Crippen LogP contribution in [0.5, 0.6) is 0 Å². The fourth-order valence-corrected chi connectivity index (χ4v) is 3.70. The maximum Gasteiger partial charge on any atom is 0.0499 e. The van der Waals surface area contributed by atoms with E-state index in [1.54, 1.807) is 0 Å². The second-order valence-electron chi connectivity index (χ2n) is 6.34. The Morgan fingerprint density at radius 1 is 1.29 bits per heavy atom. The number of nitrogens with zero attached hydrogens (tertiary/aromatic N) is 2. The van der Waals surface area contributed by atoms with E-state index < -0.39 is 0 Å². The van der Waals surface area contributed by atoms with Gasteiger partial charge in [-0.25, -0.2) is 0 Å². The van der Waals surface area contributed by atoms with Crippen LogP contribution in [-0.4, -0.2) is 61.3 Å². The molecule has 0 spiro atoms. The summed E-state index contributed by atoms with van der Waals surface area (Å²) in [5.74, 6) is 0. The molecular formula is C14H28N2O. The van der Waals surface area contributed by atoms with E-state index >= 15 is 0 Å². The minimum absolute atomic E-state index is 0.214.